The van der Waals surface area contributed by atoms with Gasteiger partial charge in [0.15, 0.2) is 5.13 Å². The van der Waals surface area contributed by atoms with Crippen LogP contribution in [0.5, 0.6) is 0 Å². The summed E-state index contributed by atoms with van der Waals surface area (Å²) in [5, 5.41) is 5.58. The molecule has 0 aliphatic rings. The number of nitrogens with two attached hydrogens (primary N) is 1. The lowest BCUT2D eigenvalue weighted by Gasteiger charge is -2.10. The van der Waals surface area contributed by atoms with Crippen LogP contribution < -0.4 is 16.0 Å². The Labute approximate surface area is 125 Å². The number of nitrogens with zero attached hydrogens (tertiary/aromatic N) is 3. The van der Waals surface area contributed by atoms with Gasteiger partial charge in [0.2, 0.25) is 0 Å². The maximum Gasteiger partial charge on any atom is 0.265 e. The molecule has 0 unspecified atom stereocenters. The molecule has 8 heteroatoms. The lowest BCUT2D eigenvalue weighted by Crippen LogP contribution is -2.25. The van der Waals surface area contributed by atoms with Crippen molar-refractivity contribution in [2.24, 2.45) is 0 Å². The molecule has 0 spiro atoms. The first-order chi connectivity index (χ1) is 9.61. The normalized spacial score (nSPS) is 10.5. The average Bonchev–Trinajstić information content (AvgIpc) is 3.07. The number of nitrogens with one attached hydrogen (secondary N) is 1. The Morgan fingerprint density at radius 3 is 3.00 bits per heavy atom. The monoisotopic (exact) mass is 311 g/mol. The van der Waals surface area contributed by atoms with Crippen LogP contribution in [0.2, 0.25) is 0 Å². The lowest BCUT2D eigenvalue weighted by atomic mass is 10.3. The van der Waals surface area contributed by atoms with E-state index in [2.05, 4.69) is 15.3 Å². The first-order valence-corrected chi connectivity index (χ1v) is 8.00. The van der Waals surface area contributed by atoms with Crippen molar-refractivity contribution in [1.82, 2.24) is 15.3 Å². The molecule has 0 aromatic carbocycles. The third-order valence-electron chi connectivity index (χ3n) is 2.80. The quantitative estimate of drug-likeness (QED) is 0.846. The molecule has 3 N–H and O–H groups in total. The van der Waals surface area contributed by atoms with Gasteiger partial charge < -0.3 is 16.0 Å². The van der Waals surface area contributed by atoms with Gasteiger partial charge in [0.05, 0.1) is 11.2 Å². The number of rotatable bonds is 6. The van der Waals surface area contributed by atoms with Crippen LogP contribution >= 0.6 is 22.7 Å². The van der Waals surface area contributed by atoms with E-state index in [1.54, 1.807) is 16.8 Å². The second-order valence-electron chi connectivity index (χ2n) is 4.21. The van der Waals surface area contributed by atoms with E-state index in [0.717, 1.165) is 23.8 Å². The Bertz CT molecular complexity index is 566. The second kappa shape index (κ2) is 6.67. The molecule has 108 valence electrons. The smallest absolute Gasteiger partial charge is 0.265 e. The largest absolute Gasteiger partial charge is 0.382 e. The molecule has 2 heterocycles. The molecule has 0 atom stereocenters. The number of anilines is 2. The standard InChI is InChI=1S/C12H17N5OS2/c1-3-17(2)12-16-10(13)9(20-12)11(18)14-5-4-8-6-19-7-15-8/h6-7H,3-5,13H2,1-2H3,(H,14,18). The molecule has 0 aliphatic heterocycles. The van der Waals surface area contributed by atoms with Gasteiger partial charge in [0.1, 0.15) is 10.7 Å². The predicted octanol–water partition coefficient (Wildman–Crippen LogP) is 1.61. The lowest BCUT2D eigenvalue weighted by molar-refractivity contribution is 0.0959. The summed E-state index contributed by atoms with van der Waals surface area (Å²) in [5.41, 5.74) is 8.57. The van der Waals surface area contributed by atoms with Crippen molar-refractivity contribution in [3.8, 4) is 0 Å². The number of amides is 1. The first-order valence-electron chi connectivity index (χ1n) is 6.24. The van der Waals surface area contributed by atoms with Gasteiger partial charge in [-0.3, -0.25) is 4.79 Å². The Kier molecular flexibility index (Phi) is 4.91. The van der Waals surface area contributed by atoms with Crippen LogP contribution in [0, 0.1) is 0 Å². The van der Waals surface area contributed by atoms with Crippen molar-refractivity contribution in [2.75, 3.05) is 30.8 Å². The summed E-state index contributed by atoms with van der Waals surface area (Å²) in [6, 6.07) is 0. The molecule has 0 fully saturated rings. The number of thiazole rings is 2. The van der Waals surface area contributed by atoms with Crippen LogP contribution in [0.3, 0.4) is 0 Å². The Balaban J connectivity index is 1.93. The topological polar surface area (TPSA) is 84.1 Å². The van der Waals surface area contributed by atoms with Crippen LogP contribution in [-0.4, -0.2) is 36.0 Å². The van der Waals surface area contributed by atoms with Crippen molar-refractivity contribution in [2.45, 2.75) is 13.3 Å². The summed E-state index contributed by atoms with van der Waals surface area (Å²) in [5.74, 6) is 0.113. The highest BCUT2D eigenvalue weighted by molar-refractivity contribution is 7.18. The van der Waals surface area contributed by atoms with Crippen molar-refractivity contribution in [3.63, 3.8) is 0 Å². The zero-order valence-electron chi connectivity index (χ0n) is 11.4. The number of carbonyl (C=O) groups excluding carboxylic acids is 1. The molecule has 0 bridgehead atoms. The molecule has 20 heavy (non-hydrogen) atoms. The van der Waals surface area contributed by atoms with Gasteiger partial charge in [-0.1, -0.05) is 11.3 Å². The van der Waals surface area contributed by atoms with Crippen LogP contribution in [0.1, 0.15) is 22.3 Å². The van der Waals surface area contributed by atoms with E-state index in [0.29, 0.717) is 11.4 Å². The fourth-order valence-corrected chi connectivity index (χ4v) is 3.05. The minimum absolute atomic E-state index is 0.175. The SMILES string of the molecule is CCN(C)c1nc(N)c(C(=O)NCCc2cscn2)s1. The first kappa shape index (κ1) is 14.7. The molecular weight excluding hydrogens is 294 g/mol. The Morgan fingerprint density at radius 2 is 2.35 bits per heavy atom. The molecule has 0 saturated heterocycles. The molecule has 1 amide bonds. The van der Waals surface area contributed by atoms with E-state index in [4.69, 9.17) is 5.73 Å². The van der Waals surface area contributed by atoms with Gasteiger partial charge in [0, 0.05) is 31.9 Å². The van der Waals surface area contributed by atoms with Crippen molar-refractivity contribution in [1.29, 1.82) is 0 Å². The fraction of sp³-hybridized carbons (Fsp3) is 0.417. The summed E-state index contributed by atoms with van der Waals surface area (Å²) < 4.78 is 0. The van der Waals surface area contributed by atoms with Gasteiger partial charge in [-0.15, -0.1) is 11.3 Å². The minimum atomic E-state index is -0.175. The number of hydrogen-bond donors (Lipinski definition) is 2. The van der Waals surface area contributed by atoms with Crippen LogP contribution in [-0.2, 0) is 6.42 Å². The van der Waals surface area contributed by atoms with E-state index in [9.17, 15) is 4.79 Å². The van der Waals surface area contributed by atoms with Gasteiger partial charge >= 0.3 is 0 Å². The summed E-state index contributed by atoms with van der Waals surface area (Å²) in [6.45, 7) is 3.38. The highest BCUT2D eigenvalue weighted by Gasteiger charge is 2.17. The molecule has 0 aliphatic carbocycles. The predicted molar refractivity (Wildman–Crippen MR) is 83.6 cm³/mol. The summed E-state index contributed by atoms with van der Waals surface area (Å²) in [6.07, 6.45) is 0.718. The summed E-state index contributed by atoms with van der Waals surface area (Å²) >= 11 is 2.86. The summed E-state index contributed by atoms with van der Waals surface area (Å²) in [7, 11) is 1.92. The zero-order chi connectivity index (χ0) is 14.5. The van der Waals surface area contributed by atoms with Gasteiger partial charge in [-0.2, -0.15) is 0 Å². The number of hydrogen-bond acceptors (Lipinski definition) is 7. The molecule has 2 rings (SSSR count). The Morgan fingerprint density at radius 1 is 1.55 bits per heavy atom. The van der Waals surface area contributed by atoms with Crippen molar-refractivity contribution >= 4 is 39.5 Å². The van der Waals surface area contributed by atoms with E-state index in [1.165, 1.54) is 11.3 Å². The molecule has 2 aromatic rings. The van der Waals surface area contributed by atoms with E-state index >= 15 is 0 Å². The number of nitrogen functional groups attached to an aromatic ring is 1. The molecule has 6 nitrogen and oxygen atoms in total. The zero-order valence-corrected chi connectivity index (χ0v) is 13.1. The maximum absolute atomic E-state index is 12.1. The van der Waals surface area contributed by atoms with Crippen LogP contribution in [0.15, 0.2) is 10.9 Å². The highest BCUT2D eigenvalue weighted by Crippen LogP contribution is 2.27. The Hall–Kier alpha value is -1.67. The third kappa shape index (κ3) is 3.45. The van der Waals surface area contributed by atoms with Crippen molar-refractivity contribution in [3.05, 3.63) is 21.5 Å². The van der Waals surface area contributed by atoms with Gasteiger partial charge in [0.25, 0.3) is 5.91 Å². The fourth-order valence-electron chi connectivity index (χ4n) is 1.53. The van der Waals surface area contributed by atoms with Crippen LogP contribution in [0.4, 0.5) is 10.9 Å². The minimum Gasteiger partial charge on any atom is -0.382 e. The average molecular weight is 311 g/mol. The van der Waals surface area contributed by atoms with E-state index < -0.39 is 0 Å². The highest BCUT2D eigenvalue weighted by atomic mass is 32.1. The third-order valence-corrected chi connectivity index (χ3v) is 4.62. The number of carbonyl (C=O) groups is 1. The summed E-state index contributed by atoms with van der Waals surface area (Å²) in [4.78, 5) is 22.9. The maximum atomic E-state index is 12.1. The number of aromatic nitrogens is 2. The van der Waals surface area contributed by atoms with Gasteiger partial charge in [-0.25, -0.2) is 9.97 Å². The van der Waals surface area contributed by atoms with E-state index in [1.807, 2.05) is 24.3 Å². The second-order valence-corrected chi connectivity index (χ2v) is 5.91. The van der Waals surface area contributed by atoms with Crippen LogP contribution in [0.25, 0.3) is 0 Å². The molecular formula is C12H17N5OS2. The van der Waals surface area contributed by atoms with Gasteiger partial charge in [-0.05, 0) is 6.92 Å². The molecule has 0 saturated carbocycles. The molecule has 0 radical (unpaired) electrons. The van der Waals surface area contributed by atoms with E-state index in [-0.39, 0.29) is 11.7 Å². The molecule has 2 aromatic heterocycles. The van der Waals surface area contributed by atoms with Crippen molar-refractivity contribution < 1.29 is 4.79 Å².